The molecule has 0 amide bonds. The first kappa shape index (κ1) is 19.4. The molecule has 0 aromatic heterocycles. The Morgan fingerprint density at radius 1 is 1.00 bits per heavy atom. The maximum absolute atomic E-state index is 11.1. The van der Waals surface area contributed by atoms with Gasteiger partial charge in [0.05, 0.1) is 5.92 Å². The van der Waals surface area contributed by atoms with Crippen LogP contribution in [0.2, 0.25) is 0 Å². The average Bonchev–Trinajstić information content (AvgIpc) is 2.34. The third kappa shape index (κ3) is 12.4. The van der Waals surface area contributed by atoms with E-state index in [4.69, 9.17) is 9.84 Å². The molecule has 20 heavy (non-hydrogen) atoms. The summed E-state index contributed by atoms with van der Waals surface area (Å²) >= 11 is 0. The molecule has 4 heteroatoms. The van der Waals surface area contributed by atoms with E-state index in [0.29, 0.717) is 25.5 Å². The lowest BCUT2D eigenvalue weighted by atomic mass is 10.0. The highest BCUT2D eigenvalue weighted by atomic mass is 16.5. The second-order valence-corrected chi connectivity index (χ2v) is 6.38. The van der Waals surface area contributed by atoms with Crippen molar-refractivity contribution in [3.63, 3.8) is 0 Å². The smallest absolute Gasteiger partial charge is 0.307 e. The van der Waals surface area contributed by atoms with Crippen molar-refractivity contribution in [3.8, 4) is 0 Å². The number of ether oxygens (including phenoxy) is 1. The van der Waals surface area contributed by atoms with Gasteiger partial charge in [0.25, 0.3) is 0 Å². The molecule has 0 saturated heterocycles. The third-order valence-corrected chi connectivity index (χ3v) is 3.20. The number of rotatable bonds is 13. The van der Waals surface area contributed by atoms with Gasteiger partial charge in [-0.15, -0.1) is 0 Å². The van der Waals surface area contributed by atoms with E-state index in [1.54, 1.807) is 0 Å². The number of hydrogen-bond donors (Lipinski definition) is 2. The van der Waals surface area contributed by atoms with Gasteiger partial charge < -0.3 is 15.2 Å². The summed E-state index contributed by atoms with van der Waals surface area (Å²) in [7, 11) is 0. The Morgan fingerprint density at radius 2 is 1.60 bits per heavy atom. The molecular weight excluding hydrogens is 254 g/mol. The minimum atomic E-state index is -0.707. The summed E-state index contributed by atoms with van der Waals surface area (Å²) in [6.07, 6.45) is 3.79. The number of carboxylic acids is 1. The molecule has 0 bridgehead atoms. The number of carbonyl (C=O) groups is 1. The van der Waals surface area contributed by atoms with Crippen LogP contribution in [0.3, 0.4) is 0 Å². The van der Waals surface area contributed by atoms with Crippen LogP contribution < -0.4 is 5.32 Å². The average molecular weight is 287 g/mol. The fraction of sp³-hybridized carbons (Fsp3) is 0.938. The van der Waals surface area contributed by atoms with Crippen LogP contribution in [0, 0.1) is 17.8 Å². The van der Waals surface area contributed by atoms with E-state index < -0.39 is 5.97 Å². The van der Waals surface area contributed by atoms with Gasteiger partial charge in [-0.2, -0.15) is 0 Å². The van der Waals surface area contributed by atoms with Gasteiger partial charge in [0.1, 0.15) is 0 Å². The lowest BCUT2D eigenvalue weighted by molar-refractivity contribution is -0.141. The number of hydrogen-bond acceptors (Lipinski definition) is 3. The molecular formula is C16H33NO3. The Hall–Kier alpha value is -0.610. The third-order valence-electron chi connectivity index (χ3n) is 3.20. The first-order chi connectivity index (χ1) is 9.43. The van der Waals surface area contributed by atoms with Crippen LogP contribution in [-0.2, 0) is 9.53 Å². The first-order valence-electron chi connectivity index (χ1n) is 7.94. The van der Waals surface area contributed by atoms with Gasteiger partial charge in [0.15, 0.2) is 0 Å². The molecule has 0 aliphatic carbocycles. The normalized spacial score (nSPS) is 13.1. The van der Waals surface area contributed by atoms with E-state index in [0.717, 1.165) is 31.9 Å². The number of carboxylic acid groups (broad SMARTS) is 1. The largest absolute Gasteiger partial charge is 0.481 e. The maximum Gasteiger partial charge on any atom is 0.307 e. The van der Waals surface area contributed by atoms with E-state index >= 15 is 0 Å². The van der Waals surface area contributed by atoms with Crippen LogP contribution >= 0.6 is 0 Å². The predicted octanol–water partition coefficient (Wildman–Crippen LogP) is 3.17. The zero-order valence-electron chi connectivity index (χ0n) is 13.7. The summed E-state index contributed by atoms with van der Waals surface area (Å²) in [6.45, 7) is 11.6. The van der Waals surface area contributed by atoms with Gasteiger partial charge in [0, 0.05) is 19.8 Å². The lowest BCUT2D eigenvalue weighted by Gasteiger charge is -2.14. The molecule has 0 aromatic rings. The van der Waals surface area contributed by atoms with Crippen molar-refractivity contribution in [2.75, 3.05) is 26.3 Å². The van der Waals surface area contributed by atoms with Crippen LogP contribution in [-0.4, -0.2) is 37.4 Å². The van der Waals surface area contributed by atoms with E-state index in [1.807, 2.05) is 0 Å². The molecule has 0 fully saturated rings. The SMILES string of the molecule is CC(C)CCCOCCCC(CNCC(C)C)C(=O)O. The van der Waals surface area contributed by atoms with E-state index in [9.17, 15) is 4.79 Å². The standard InChI is InChI=1S/C16H33NO3/c1-13(2)7-5-9-20-10-6-8-15(16(18)19)12-17-11-14(3)4/h13-15,17H,5-12H2,1-4H3,(H,18,19). The highest BCUT2D eigenvalue weighted by Crippen LogP contribution is 2.08. The van der Waals surface area contributed by atoms with Gasteiger partial charge in [-0.25, -0.2) is 0 Å². The second kappa shape index (κ2) is 12.2. The summed E-state index contributed by atoms with van der Waals surface area (Å²) in [5.74, 6) is 0.268. The summed E-state index contributed by atoms with van der Waals surface area (Å²) in [5, 5.41) is 12.4. The van der Waals surface area contributed by atoms with Crippen molar-refractivity contribution in [2.45, 2.75) is 53.4 Å². The fourth-order valence-electron chi connectivity index (χ4n) is 1.99. The maximum atomic E-state index is 11.1. The zero-order chi connectivity index (χ0) is 15.4. The quantitative estimate of drug-likeness (QED) is 0.511. The molecule has 1 unspecified atom stereocenters. The Balaban J connectivity index is 3.58. The summed E-state index contributed by atoms with van der Waals surface area (Å²) in [5.41, 5.74) is 0. The molecule has 0 aliphatic heterocycles. The van der Waals surface area contributed by atoms with E-state index in [1.165, 1.54) is 6.42 Å². The van der Waals surface area contributed by atoms with E-state index in [2.05, 4.69) is 33.0 Å². The molecule has 0 heterocycles. The van der Waals surface area contributed by atoms with Gasteiger partial charge in [-0.1, -0.05) is 27.7 Å². The lowest BCUT2D eigenvalue weighted by Crippen LogP contribution is -2.31. The van der Waals surface area contributed by atoms with Crippen molar-refractivity contribution in [3.05, 3.63) is 0 Å². The van der Waals surface area contributed by atoms with Crippen molar-refractivity contribution < 1.29 is 14.6 Å². The van der Waals surface area contributed by atoms with Crippen molar-refractivity contribution in [1.29, 1.82) is 0 Å². The summed E-state index contributed by atoms with van der Waals surface area (Å²) in [6, 6.07) is 0. The monoisotopic (exact) mass is 287 g/mol. The van der Waals surface area contributed by atoms with E-state index in [-0.39, 0.29) is 5.92 Å². The van der Waals surface area contributed by atoms with Crippen LogP contribution in [0.5, 0.6) is 0 Å². The fourth-order valence-corrected chi connectivity index (χ4v) is 1.99. The highest BCUT2D eigenvalue weighted by molar-refractivity contribution is 5.70. The first-order valence-corrected chi connectivity index (χ1v) is 7.94. The summed E-state index contributed by atoms with van der Waals surface area (Å²) in [4.78, 5) is 11.1. The molecule has 2 N–H and O–H groups in total. The van der Waals surface area contributed by atoms with Crippen molar-refractivity contribution in [1.82, 2.24) is 5.32 Å². The minimum Gasteiger partial charge on any atom is -0.481 e. The van der Waals surface area contributed by atoms with Crippen molar-refractivity contribution >= 4 is 5.97 Å². The molecule has 0 saturated carbocycles. The molecule has 4 nitrogen and oxygen atoms in total. The Bertz CT molecular complexity index is 242. The molecule has 0 aliphatic rings. The van der Waals surface area contributed by atoms with Crippen molar-refractivity contribution in [2.24, 2.45) is 17.8 Å². The second-order valence-electron chi connectivity index (χ2n) is 6.38. The van der Waals surface area contributed by atoms with Crippen LogP contribution in [0.1, 0.15) is 53.4 Å². The van der Waals surface area contributed by atoms with Gasteiger partial charge in [-0.05, 0) is 44.1 Å². The van der Waals surface area contributed by atoms with Gasteiger partial charge >= 0.3 is 5.97 Å². The Labute approximate surface area is 124 Å². The Morgan fingerprint density at radius 3 is 2.10 bits per heavy atom. The highest BCUT2D eigenvalue weighted by Gasteiger charge is 2.16. The zero-order valence-corrected chi connectivity index (χ0v) is 13.7. The van der Waals surface area contributed by atoms with Crippen LogP contribution in [0.4, 0.5) is 0 Å². The minimum absolute atomic E-state index is 0.298. The Kier molecular flexibility index (Phi) is 11.8. The molecule has 0 spiro atoms. The van der Waals surface area contributed by atoms with Crippen LogP contribution in [0.15, 0.2) is 0 Å². The molecule has 120 valence electrons. The van der Waals surface area contributed by atoms with Gasteiger partial charge in [0.2, 0.25) is 0 Å². The predicted molar refractivity (Wildman–Crippen MR) is 83.0 cm³/mol. The van der Waals surface area contributed by atoms with Gasteiger partial charge in [-0.3, -0.25) is 4.79 Å². The molecule has 0 rings (SSSR count). The topological polar surface area (TPSA) is 58.6 Å². The molecule has 1 atom stereocenters. The number of nitrogens with one attached hydrogen (secondary N) is 1. The molecule has 0 aromatic carbocycles. The summed E-state index contributed by atoms with van der Waals surface area (Å²) < 4.78 is 5.54. The molecule has 0 radical (unpaired) electrons. The number of aliphatic carboxylic acids is 1. The van der Waals surface area contributed by atoms with Crippen LogP contribution in [0.25, 0.3) is 0 Å².